The van der Waals surface area contributed by atoms with Gasteiger partial charge in [0.25, 0.3) is 11.5 Å². The van der Waals surface area contributed by atoms with Crippen molar-refractivity contribution in [3.05, 3.63) is 64.6 Å². The minimum absolute atomic E-state index is 0.150. The van der Waals surface area contributed by atoms with Gasteiger partial charge in [-0.05, 0) is 48.4 Å². The Morgan fingerprint density at radius 3 is 2.84 bits per heavy atom. The fourth-order valence-corrected chi connectivity index (χ4v) is 4.11. The lowest BCUT2D eigenvalue weighted by Gasteiger charge is -2.25. The van der Waals surface area contributed by atoms with Crippen LogP contribution in [-0.2, 0) is 13.5 Å². The number of hydrogen-bond acceptors (Lipinski definition) is 7. The lowest BCUT2D eigenvalue weighted by Crippen LogP contribution is -2.35. The van der Waals surface area contributed by atoms with Crippen molar-refractivity contribution in [3.63, 3.8) is 0 Å². The predicted octanol–water partition coefficient (Wildman–Crippen LogP) is 2.28. The molecule has 2 aromatic heterocycles. The largest absolute Gasteiger partial charge is 0.497 e. The summed E-state index contributed by atoms with van der Waals surface area (Å²) in [5, 5.41) is 0.425. The number of nitrogens with two attached hydrogens (primary N) is 1. The summed E-state index contributed by atoms with van der Waals surface area (Å²) in [5.41, 5.74) is 8.17. The van der Waals surface area contributed by atoms with E-state index in [9.17, 15) is 9.59 Å². The lowest BCUT2D eigenvalue weighted by molar-refractivity contribution is 0.0740. The highest BCUT2D eigenvalue weighted by Crippen LogP contribution is 2.32. The van der Waals surface area contributed by atoms with Crippen molar-refractivity contribution in [2.24, 2.45) is 13.0 Å². The van der Waals surface area contributed by atoms with Crippen LogP contribution in [0, 0.1) is 5.92 Å². The number of methoxy groups -OCH3 is 1. The summed E-state index contributed by atoms with van der Waals surface area (Å²) in [6, 6.07) is 12.6. The molecular weight excluding hydrogens is 410 g/mol. The topological polar surface area (TPSA) is 114 Å². The first-order valence-electron chi connectivity index (χ1n) is 10.1. The highest BCUT2D eigenvalue weighted by atomic mass is 16.5. The number of fused-ring (bicyclic) bond motifs is 2. The number of nitrogen functional groups attached to an aromatic ring is 1. The van der Waals surface area contributed by atoms with Crippen molar-refractivity contribution in [1.29, 1.82) is 0 Å². The summed E-state index contributed by atoms with van der Waals surface area (Å²) in [5.74, 6) is 0.966. The molecule has 0 fully saturated rings. The maximum Gasteiger partial charge on any atom is 0.274 e. The minimum Gasteiger partial charge on any atom is -0.497 e. The molecule has 1 atom stereocenters. The first kappa shape index (κ1) is 19.8. The molecule has 1 unspecified atom stereocenters. The Morgan fingerprint density at radius 2 is 2.06 bits per heavy atom. The van der Waals surface area contributed by atoms with Gasteiger partial charge in [-0.2, -0.15) is 0 Å². The molecule has 0 spiro atoms. The quantitative estimate of drug-likeness (QED) is 0.529. The summed E-state index contributed by atoms with van der Waals surface area (Å²) in [6.07, 6.45) is 2.06. The third kappa shape index (κ3) is 3.18. The van der Waals surface area contributed by atoms with Crippen LogP contribution < -0.4 is 20.8 Å². The van der Waals surface area contributed by atoms with Gasteiger partial charge >= 0.3 is 0 Å². The first-order valence-corrected chi connectivity index (χ1v) is 10.1. The van der Waals surface area contributed by atoms with E-state index in [0.29, 0.717) is 28.8 Å². The van der Waals surface area contributed by atoms with E-state index in [4.69, 9.17) is 15.2 Å². The number of rotatable bonds is 3. The van der Waals surface area contributed by atoms with Gasteiger partial charge in [-0.3, -0.25) is 9.59 Å². The molecule has 0 amide bonds. The Balaban J connectivity index is 1.53. The van der Waals surface area contributed by atoms with Crippen molar-refractivity contribution in [3.8, 4) is 22.8 Å². The van der Waals surface area contributed by atoms with Crippen LogP contribution in [0.3, 0.4) is 0 Å². The first-order chi connectivity index (χ1) is 15.5. The fourth-order valence-electron chi connectivity index (χ4n) is 4.11. The summed E-state index contributed by atoms with van der Waals surface area (Å²) < 4.78 is 13.9. The van der Waals surface area contributed by atoms with Crippen molar-refractivity contribution >= 4 is 22.8 Å². The van der Waals surface area contributed by atoms with E-state index in [2.05, 4.69) is 9.97 Å². The molecular formula is C23H21N5O4. The molecule has 0 radical (unpaired) electrons. The van der Waals surface area contributed by atoms with Crippen molar-refractivity contribution in [2.75, 3.05) is 19.5 Å². The van der Waals surface area contributed by atoms with Crippen LogP contribution >= 0.6 is 0 Å². The van der Waals surface area contributed by atoms with E-state index in [-0.39, 0.29) is 24.0 Å². The number of anilines is 1. The third-order valence-corrected chi connectivity index (χ3v) is 5.75. The molecule has 3 heterocycles. The van der Waals surface area contributed by atoms with Gasteiger partial charge in [0.05, 0.1) is 29.6 Å². The molecule has 5 rings (SSSR count). The van der Waals surface area contributed by atoms with Crippen LogP contribution in [0.1, 0.15) is 10.4 Å². The highest BCUT2D eigenvalue weighted by molar-refractivity contribution is 5.94. The number of carbonyl (C=O) groups excluding carboxylic acids is 1. The van der Waals surface area contributed by atoms with Crippen molar-refractivity contribution < 1.29 is 14.3 Å². The van der Waals surface area contributed by atoms with Gasteiger partial charge in [0.15, 0.2) is 0 Å². The average Bonchev–Trinajstić information content (AvgIpc) is 3.07. The maximum atomic E-state index is 13.5. The molecule has 2 aromatic carbocycles. The van der Waals surface area contributed by atoms with Crippen LogP contribution in [-0.4, -0.2) is 39.0 Å². The molecule has 162 valence electrons. The Labute approximate surface area is 183 Å². The number of hydrogen-bond donors (Lipinski definition) is 1. The van der Waals surface area contributed by atoms with Crippen LogP contribution in [0.25, 0.3) is 22.2 Å². The van der Waals surface area contributed by atoms with Gasteiger partial charge in [-0.1, -0.05) is 6.07 Å². The van der Waals surface area contributed by atoms with Gasteiger partial charge in [-0.15, -0.1) is 0 Å². The monoisotopic (exact) mass is 431 g/mol. The maximum absolute atomic E-state index is 13.5. The second kappa shape index (κ2) is 7.52. The highest BCUT2D eigenvalue weighted by Gasteiger charge is 2.30. The zero-order chi connectivity index (χ0) is 22.4. The van der Waals surface area contributed by atoms with E-state index in [0.717, 1.165) is 16.9 Å². The second-order valence-electron chi connectivity index (χ2n) is 7.70. The molecule has 9 nitrogen and oxygen atoms in total. The molecule has 4 aromatic rings. The number of aromatic nitrogens is 4. The fraction of sp³-hybridized carbons (Fsp3) is 0.217. The number of carbonyl (C=O) groups is 1. The molecule has 0 saturated carbocycles. The Morgan fingerprint density at radius 1 is 1.22 bits per heavy atom. The summed E-state index contributed by atoms with van der Waals surface area (Å²) >= 11 is 0. The number of ether oxygens (including phenoxy) is 2. The Kier molecular flexibility index (Phi) is 4.66. The zero-order valence-electron chi connectivity index (χ0n) is 17.6. The zero-order valence-corrected chi connectivity index (χ0v) is 17.6. The van der Waals surface area contributed by atoms with E-state index in [1.165, 1.54) is 9.36 Å². The molecule has 0 aliphatic carbocycles. The Hall–Kier alpha value is -4.14. The van der Waals surface area contributed by atoms with Crippen LogP contribution in [0.5, 0.6) is 11.5 Å². The molecule has 1 aliphatic heterocycles. The lowest BCUT2D eigenvalue weighted by atomic mass is 9.95. The van der Waals surface area contributed by atoms with Gasteiger partial charge < -0.3 is 15.2 Å². The van der Waals surface area contributed by atoms with E-state index in [1.54, 1.807) is 38.6 Å². The van der Waals surface area contributed by atoms with E-state index in [1.807, 2.05) is 24.3 Å². The smallest absolute Gasteiger partial charge is 0.274 e. The van der Waals surface area contributed by atoms with Gasteiger partial charge in [0, 0.05) is 18.8 Å². The predicted molar refractivity (Wildman–Crippen MR) is 119 cm³/mol. The third-order valence-electron chi connectivity index (χ3n) is 5.75. The summed E-state index contributed by atoms with van der Waals surface area (Å²) in [7, 11) is 3.18. The van der Waals surface area contributed by atoms with Crippen molar-refractivity contribution in [1.82, 2.24) is 19.3 Å². The Bertz CT molecular complexity index is 1420. The second-order valence-corrected chi connectivity index (χ2v) is 7.70. The van der Waals surface area contributed by atoms with Gasteiger partial charge in [0.2, 0.25) is 5.95 Å². The molecule has 9 heteroatoms. The summed E-state index contributed by atoms with van der Waals surface area (Å²) in [6.45, 7) is 0.240. The van der Waals surface area contributed by atoms with Crippen LogP contribution in [0.15, 0.2) is 53.5 Å². The molecule has 0 saturated heterocycles. The van der Waals surface area contributed by atoms with Crippen LogP contribution in [0.4, 0.5) is 5.95 Å². The van der Waals surface area contributed by atoms with E-state index >= 15 is 0 Å². The molecule has 1 aliphatic rings. The standard InChI is InChI=1S/C23H21N5O4/c1-27-22(30)17-11-13(18-7-8-25-23(24)26-18)3-5-19(17)28(27)21(29)15-9-14-10-16(31-2)4-6-20(14)32-12-15/h3-8,10-11,15H,9,12H2,1-2H3,(H2,24,25,26). The van der Waals surface area contributed by atoms with Gasteiger partial charge in [0.1, 0.15) is 18.1 Å². The number of nitrogens with zero attached hydrogens (tertiary/aromatic N) is 4. The van der Waals surface area contributed by atoms with Crippen LogP contribution in [0.2, 0.25) is 0 Å². The normalized spacial score (nSPS) is 15.2. The molecule has 2 N–H and O–H groups in total. The molecule has 32 heavy (non-hydrogen) atoms. The SMILES string of the molecule is COc1ccc2c(c1)CC(C(=O)n1c3ccc(-c4ccnc(N)n4)cc3c(=O)n1C)CO2. The molecule has 0 bridgehead atoms. The number of benzene rings is 2. The summed E-state index contributed by atoms with van der Waals surface area (Å²) in [4.78, 5) is 34.5. The van der Waals surface area contributed by atoms with Crippen molar-refractivity contribution in [2.45, 2.75) is 6.42 Å². The minimum atomic E-state index is -0.433. The van der Waals surface area contributed by atoms with Gasteiger partial charge in [-0.25, -0.2) is 19.3 Å². The average molecular weight is 431 g/mol. The van der Waals surface area contributed by atoms with E-state index < -0.39 is 5.92 Å².